The number of nitrogens with zero attached hydrogens (tertiary/aromatic N) is 3. The molecule has 6 nitrogen and oxygen atoms in total. The molecule has 1 atom stereocenters. The maximum Gasteiger partial charge on any atom is 0.416 e. The molecule has 280 valence electrons. The number of methoxy groups -OCH3 is 1. The van der Waals surface area contributed by atoms with Gasteiger partial charge in [-0.15, -0.1) is 11.8 Å². The van der Waals surface area contributed by atoms with Gasteiger partial charge in [-0.25, -0.2) is 8.78 Å². The lowest BCUT2D eigenvalue weighted by molar-refractivity contribution is -0.137. The van der Waals surface area contributed by atoms with Gasteiger partial charge >= 0.3 is 6.18 Å². The Bertz CT molecular complexity index is 2610. The van der Waals surface area contributed by atoms with Crippen molar-refractivity contribution in [3.63, 3.8) is 0 Å². The number of hydrogen-bond donors (Lipinski definition) is 1. The maximum atomic E-state index is 15.6. The second kappa shape index (κ2) is 16.8. The molecule has 1 unspecified atom stereocenters. The third-order valence-electron chi connectivity index (χ3n) is 8.00. The minimum absolute atomic E-state index is 0.0900. The van der Waals surface area contributed by atoms with Crippen LogP contribution in [0.15, 0.2) is 95.9 Å². The number of halogens is 5. The van der Waals surface area contributed by atoms with E-state index in [4.69, 9.17) is 15.7 Å². The first kappa shape index (κ1) is 23.5. The molecule has 1 fully saturated rings. The van der Waals surface area contributed by atoms with Crippen molar-refractivity contribution in [1.29, 1.82) is 0 Å². The van der Waals surface area contributed by atoms with Crippen LogP contribution in [0.5, 0.6) is 0 Å². The lowest BCUT2D eigenvalue weighted by Crippen LogP contribution is -2.50. The lowest BCUT2D eigenvalue weighted by atomic mass is 9.99. The van der Waals surface area contributed by atoms with Gasteiger partial charge in [-0.2, -0.15) is 13.2 Å². The Hall–Kier alpha value is -4.23. The van der Waals surface area contributed by atoms with Gasteiger partial charge < -0.3 is 24.5 Å². The van der Waals surface area contributed by atoms with Gasteiger partial charge in [0.1, 0.15) is 12.6 Å². The van der Waals surface area contributed by atoms with Gasteiger partial charge in [0.2, 0.25) is 5.91 Å². The highest BCUT2D eigenvalue weighted by atomic mass is 32.2. The number of ether oxygens (including phenoxy) is 1. The summed E-state index contributed by atoms with van der Waals surface area (Å²) in [6.07, 6.45) is -14.9. The number of rotatable bonds is 12. The van der Waals surface area contributed by atoms with Gasteiger partial charge in [0.15, 0.2) is 11.6 Å². The molecule has 0 aromatic heterocycles. The zero-order valence-electron chi connectivity index (χ0n) is 43.2. The molecular weight excluding hydrogens is 710 g/mol. The summed E-state index contributed by atoms with van der Waals surface area (Å²) >= 11 is 0.324. The zero-order chi connectivity index (χ0) is 51.1. The van der Waals surface area contributed by atoms with E-state index in [1.54, 1.807) is 0 Å². The third kappa shape index (κ3) is 9.29. The van der Waals surface area contributed by atoms with Crippen LogP contribution in [0, 0.1) is 18.6 Å². The van der Waals surface area contributed by atoms with Gasteiger partial charge in [0.25, 0.3) is 0 Å². The summed E-state index contributed by atoms with van der Waals surface area (Å²) in [6, 6.07) is 4.47. The van der Waals surface area contributed by atoms with Crippen molar-refractivity contribution in [2.45, 2.75) is 50.3 Å². The number of anilines is 1. The normalized spacial score (nSPS) is 25.7. The van der Waals surface area contributed by atoms with E-state index in [9.17, 15) is 32.3 Å². The number of amides is 1. The minimum atomic E-state index is -4.66. The molecule has 53 heavy (non-hydrogen) atoms. The summed E-state index contributed by atoms with van der Waals surface area (Å²) in [7, 11) is 1.14. The Morgan fingerprint density at radius 1 is 1.08 bits per heavy atom. The lowest BCUT2D eigenvalue weighted by Gasteiger charge is -2.40. The number of hydrogen-bond acceptors (Lipinski definition) is 6. The van der Waals surface area contributed by atoms with E-state index in [0.29, 0.717) is 11.8 Å². The number of likely N-dealkylation sites (tertiary alicyclic amines) is 1. The molecule has 1 saturated heterocycles. The monoisotopic (exact) mass is 766 g/mol. The number of carbonyl (C=O) groups excluding carboxylic acids is 1. The summed E-state index contributed by atoms with van der Waals surface area (Å²) in [4.78, 5) is 15.9. The largest absolute Gasteiger partial charge is 0.416 e. The molecule has 12 heteroatoms. The Morgan fingerprint density at radius 2 is 1.75 bits per heavy atom. The van der Waals surface area contributed by atoms with E-state index in [2.05, 4.69) is 0 Å². The summed E-state index contributed by atoms with van der Waals surface area (Å²) in [6.45, 7) is -12.7. The second-order valence-electron chi connectivity index (χ2n) is 11.7. The first-order chi connectivity index (χ1) is 31.3. The molecule has 0 bridgehead atoms. The molecule has 0 radical (unpaired) electrons. The maximum absolute atomic E-state index is 15.6. The highest BCUT2D eigenvalue weighted by molar-refractivity contribution is 8.02. The van der Waals surface area contributed by atoms with Crippen LogP contribution in [0.1, 0.15) is 67.2 Å². The Kier molecular flexibility index (Phi) is 7.48. The van der Waals surface area contributed by atoms with Gasteiger partial charge in [0, 0.05) is 72.7 Å². The number of benzene rings is 4. The predicted molar refractivity (Wildman–Crippen MR) is 198 cm³/mol. The SMILES string of the molecule is [2H]C1=C(SCc2cccc(F)c2F)N(C([2H])([2H])C(=O)N(Cc2ccc(-c3ccc(C(F)(F)F)cc3)cc2)C2([2H])C([2H])([2H])C([2H])([2H])N(CCOC)C([2H])([2H])C2([2H])[2H])c2c([2H])c([2H])c(C)c([2H])c2C1O. The van der Waals surface area contributed by atoms with Crippen molar-refractivity contribution in [2.75, 3.05) is 44.7 Å². The minimum Gasteiger partial charge on any atom is -0.384 e. The van der Waals surface area contributed by atoms with Crippen LogP contribution >= 0.6 is 11.8 Å². The van der Waals surface area contributed by atoms with Crippen molar-refractivity contribution < 1.29 is 57.2 Å². The van der Waals surface area contributed by atoms with Crippen LogP contribution in [-0.2, 0) is 28.0 Å². The topological polar surface area (TPSA) is 56.3 Å². The molecule has 0 saturated carbocycles. The number of aliphatic hydroxyl groups is 1. The predicted octanol–water partition coefficient (Wildman–Crippen LogP) is 8.73. The van der Waals surface area contributed by atoms with E-state index in [1.165, 1.54) is 31.2 Å². The number of carbonyl (C=O) groups is 1. The summed E-state index contributed by atoms with van der Waals surface area (Å²) in [5.74, 6) is -5.48. The van der Waals surface area contributed by atoms with Crippen LogP contribution in [0.25, 0.3) is 11.1 Å². The van der Waals surface area contributed by atoms with Crippen molar-refractivity contribution in [1.82, 2.24) is 9.80 Å². The average Bonchev–Trinajstić information content (AvgIpc) is 3.27. The number of thioether (sulfide) groups is 1. The number of fused-ring (bicyclic) bond motifs is 1. The first-order valence-corrected chi connectivity index (χ1v) is 17.0. The van der Waals surface area contributed by atoms with Crippen LogP contribution in [0.3, 0.4) is 0 Å². The molecule has 1 N–H and O–H groups in total. The van der Waals surface area contributed by atoms with Crippen molar-refractivity contribution >= 4 is 23.4 Å². The summed E-state index contributed by atoms with van der Waals surface area (Å²) < 4.78 is 212. The summed E-state index contributed by atoms with van der Waals surface area (Å²) in [5, 5.41) is 10.7. The van der Waals surface area contributed by atoms with Crippen LogP contribution < -0.4 is 4.90 Å². The molecule has 2 heterocycles. The van der Waals surface area contributed by atoms with Crippen molar-refractivity contribution in [3.8, 4) is 11.1 Å². The highest BCUT2D eigenvalue weighted by Crippen LogP contribution is 2.41. The second-order valence-corrected chi connectivity index (χ2v) is 12.7. The fourth-order valence-corrected chi connectivity index (χ4v) is 6.21. The molecule has 0 spiro atoms. The van der Waals surface area contributed by atoms with E-state index < -0.39 is 140 Å². The number of piperidine rings is 1. The molecule has 1 amide bonds. The Labute approximate surface area is 331 Å². The van der Waals surface area contributed by atoms with Crippen LogP contribution in [0.4, 0.5) is 27.6 Å². The molecule has 0 aliphatic carbocycles. The average molecular weight is 767 g/mol. The van der Waals surface area contributed by atoms with Crippen LogP contribution in [-0.4, -0.2) is 66.6 Å². The highest BCUT2D eigenvalue weighted by Gasteiger charge is 2.33. The fraction of sp³-hybridized carbons (Fsp3) is 0.341. The molecular formula is C41H42F5N3O3S. The fourth-order valence-electron chi connectivity index (χ4n) is 5.24. The molecule has 2 aliphatic heterocycles. The Balaban J connectivity index is 1.60. The van der Waals surface area contributed by atoms with E-state index >= 15 is 9.18 Å². The quantitative estimate of drug-likeness (QED) is 0.146. The molecule has 2 aliphatic rings. The third-order valence-corrected chi connectivity index (χ3v) is 9.03. The van der Waals surface area contributed by atoms with E-state index in [0.717, 1.165) is 49.6 Å². The first-order valence-electron chi connectivity index (χ1n) is 23.5. The molecule has 4 aromatic rings. The number of aliphatic hydroxyl groups excluding tert-OH is 1. The van der Waals surface area contributed by atoms with E-state index in [-0.39, 0.29) is 42.5 Å². The van der Waals surface area contributed by atoms with Crippen molar-refractivity contribution in [3.05, 3.63) is 135 Å². The van der Waals surface area contributed by atoms with Gasteiger partial charge in [-0.05, 0) is 66.7 Å². The van der Waals surface area contributed by atoms with Gasteiger partial charge in [-0.1, -0.05) is 66.2 Å². The van der Waals surface area contributed by atoms with Gasteiger partial charge in [-0.3, -0.25) is 4.79 Å². The Morgan fingerprint density at radius 3 is 2.42 bits per heavy atom. The van der Waals surface area contributed by atoms with Gasteiger partial charge in [0.05, 0.1) is 26.8 Å². The smallest absolute Gasteiger partial charge is 0.384 e. The molecule has 4 aromatic carbocycles. The number of alkyl halides is 3. The van der Waals surface area contributed by atoms with Crippen molar-refractivity contribution in [2.24, 2.45) is 0 Å². The summed E-state index contributed by atoms with van der Waals surface area (Å²) in [5.41, 5.74) is -2.79. The van der Waals surface area contributed by atoms with E-state index in [1.807, 2.05) is 0 Å². The standard InChI is InChI=1S/C41H42F5N3O3S/c1-27-6-15-36-34(22-27)37(50)23-39(53-26-31-4-3-5-35(42)40(31)43)49(36)25-38(51)48(33-16-18-47(19-17-33)20-21-52-2)24-28-7-9-29(10-8-28)30-11-13-32(14-12-30)41(44,45)46/h3-15,22-23,33,37,50H,16-21,24-26H2,1-2H3/i6D,15D,16D2,17D2,18D2,19D2,22D,23D,25D2,33D. The molecule has 6 rings (SSSR count). The van der Waals surface area contributed by atoms with Crippen LogP contribution in [0.2, 0.25) is 0 Å². The zero-order valence-corrected chi connectivity index (χ0v) is 29.0.